The summed E-state index contributed by atoms with van der Waals surface area (Å²) in [7, 11) is 0. The minimum atomic E-state index is -0.341. The SMILES string of the molecule is CC(C)Oc1ccc(CCNC(=O)c2nn(-c3ccccc3F)c3c2CCC3)cc1. The quantitative estimate of drug-likeness (QED) is 0.637. The molecule has 3 aromatic rings. The molecule has 0 atom stereocenters. The molecule has 0 unspecified atom stereocenters. The van der Waals surface area contributed by atoms with Gasteiger partial charge in [0.1, 0.15) is 17.3 Å². The van der Waals surface area contributed by atoms with Crippen LogP contribution < -0.4 is 10.1 Å². The van der Waals surface area contributed by atoms with Gasteiger partial charge in [0.2, 0.25) is 0 Å². The number of carbonyl (C=O) groups excluding carboxylic acids is 1. The summed E-state index contributed by atoms with van der Waals surface area (Å²) < 4.78 is 21.5. The lowest BCUT2D eigenvalue weighted by Gasteiger charge is -2.10. The number of halogens is 1. The number of hydrogen-bond donors (Lipinski definition) is 1. The zero-order valence-corrected chi connectivity index (χ0v) is 17.3. The van der Waals surface area contributed by atoms with Crippen molar-refractivity contribution in [1.29, 1.82) is 0 Å². The van der Waals surface area contributed by atoms with Crippen molar-refractivity contribution in [3.8, 4) is 11.4 Å². The number of hydrogen-bond acceptors (Lipinski definition) is 3. The first-order valence-corrected chi connectivity index (χ1v) is 10.4. The molecular weight excluding hydrogens is 381 g/mol. The van der Waals surface area contributed by atoms with Crippen molar-refractivity contribution in [2.24, 2.45) is 0 Å². The van der Waals surface area contributed by atoms with Crippen LogP contribution in [0.1, 0.15) is 47.6 Å². The van der Waals surface area contributed by atoms with Crippen molar-refractivity contribution in [3.05, 3.63) is 76.9 Å². The van der Waals surface area contributed by atoms with Crippen LogP contribution in [0.15, 0.2) is 48.5 Å². The molecule has 0 aliphatic heterocycles. The molecule has 1 aliphatic rings. The molecule has 4 rings (SSSR count). The molecule has 0 radical (unpaired) electrons. The molecule has 0 saturated carbocycles. The van der Waals surface area contributed by atoms with Gasteiger partial charge >= 0.3 is 0 Å². The lowest BCUT2D eigenvalue weighted by atomic mass is 10.1. The van der Waals surface area contributed by atoms with Crippen LogP contribution in [0.3, 0.4) is 0 Å². The van der Waals surface area contributed by atoms with E-state index < -0.39 is 0 Å². The van der Waals surface area contributed by atoms with Gasteiger partial charge in [0.25, 0.3) is 5.91 Å². The van der Waals surface area contributed by atoms with Gasteiger partial charge in [-0.3, -0.25) is 4.79 Å². The molecule has 1 amide bonds. The van der Waals surface area contributed by atoms with Crippen LogP contribution in [0.2, 0.25) is 0 Å². The van der Waals surface area contributed by atoms with Gasteiger partial charge in [-0.25, -0.2) is 9.07 Å². The third-order valence-corrected chi connectivity index (χ3v) is 5.22. The number of fused-ring (bicyclic) bond motifs is 1. The van der Waals surface area contributed by atoms with Gasteiger partial charge in [0, 0.05) is 17.8 Å². The summed E-state index contributed by atoms with van der Waals surface area (Å²) in [5.74, 6) is 0.293. The van der Waals surface area contributed by atoms with Crippen LogP contribution in [0.5, 0.6) is 5.75 Å². The number of aromatic nitrogens is 2. The zero-order valence-electron chi connectivity index (χ0n) is 17.3. The average Bonchev–Trinajstić information content (AvgIpc) is 3.32. The highest BCUT2D eigenvalue weighted by molar-refractivity contribution is 5.94. The van der Waals surface area contributed by atoms with E-state index in [-0.39, 0.29) is 17.8 Å². The van der Waals surface area contributed by atoms with Crippen LogP contribution in [0.25, 0.3) is 5.69 Å². The Hall–Kier alpha value is -3.15. The molecule has 1 N–H and O–H groups in total. The van der Waals surface area contributed by atoms with E-state index in [9.17, 15) is 9.18 Å². The van der Waals surface area contributed by atoms with E-state index in [4.69, 9.17) is 4.74 Å². The molecule has 0 spiro atoms. The van der Waals surface area contributed by atoms with Gasteiger partial charge in [-0.1, -0.05) is 24.3 Å². The minimum Gasteiger partial charge on any atom is -0.491 e. The van der Waals surface area contributed by atoms with E-state index in [1.165, 1.54) is 6.07 Å². The van der Waals surface area contributed by atoms with E-state index in [0.717, 1.165) is 41.8 Å². The first kappa shape index (κ1) is 20.1. The Morgan fingerprint density at radius 3 is 2.67 bits per heavy atom. The third kappa shape index (κ3) is 4.22. The Balaban J connectivity index is 1.43. The fraction of sp³-hybridized carbons (Fsp3) is 0.333. The van der Waals surface area contributed by atoms with Crippen LogP contribution >= 0.6 is 0 Å². The first-order chi connectivity index (χ1) is 14.5. The second-order valence-corrected chi connectivity index (χ2v) is 7.81. The summed E-state index contributed by atoms with van der Waals surface area (Å²) in [4.78, 5) is 12.8. The fourth-order valence-electron chi connectivity index (χ4n) is 3.85. The topological polar surface area (TPSA) is 56.1 Å². The molecule has 0 saturated heterocycles. The lowest BCUT2D eigenvalue weighted by molar-refractivity contribution is 0.0947. The molecule has 156 valence electrons. The highest BCUT2D eigenvalue weighted by atomic mass is 19.1. The molecule has 5 nitrogen and oxygen atoms in total. The van der Waals surface area contributed by atoms with Crippen molar-refractivity contribution in [2.75, 3.05) is 6.54 Å². The Bertz CT molecular complexity index is 1040. The standard InChI is InChI=1S/C24H26FN3O2/c1-16(2)30-18-12-10-17(11-13-18)14-15-26-24(29)23-19-6-5-9-21(19)28(27-23)22-8-4-3-7-20(22)25/h3-4,7-8,10-13,16H,5-6,9,14-15H2,1-2H3,(H,26,29). The molecule has 1 aliphatic carbocycles. The summed E-state index contributed by atoms with van der Waals surface area (Å²) in [6.45, 7) is 4.49. The molecule has 30 heavy (non-hydrogen) atoms. The van der Waals surface area contributed by atoms with Gasteiger partial charge in [0.15, 0.2) is 5.69 Å². The Kier molecular flexibility index (Phi) is 5.84. The predicted molar refractivity (Wildman–Crippen MR) is 114 cm³/mol. The van der Waals surface area contributed by atoms with E-state index in [0.29, 0.717) is 24.3 Å². The summed E-state index contributed by atoms with van der Waals surface area (Å²) in [5.41, 5.74) is 3.79. The molecule has 1 aromatic heterocycles. The number of para-hydroxylation sites is 1. The number of nitrogens with zero attached hydrogens (tertiary/aromatic N) is 2. The van der Waals surface area contributed by atoms with Crippen LogP contribution in [-0.4, -0.2) is 28.3 Å². The maximum Gasteiger partial charge on any atom is 0.272 e. The third-order valence-electron chi connectivity index (χ3n) is 5.22. The number of nitrogens with one attached hydrogen (secondary N) is 1. The average molecular weight is 407 g/mol. The molecule has 0 fully saturated rings. The highest BCUT2D eigenvalue weighted by Crippen LogP contribution is 2.28. The predicted octanol–water partition coefficient (Wildman–Crippen LogP) is 4.26. The Morgan fingerprint density at radius 1 is 1.17 bits per heavy atom. The second-order valence-electron chi connectivity index (χ2n) is 7.81. The van der Waals surface area contributed by atoms with Crippen LogP contribution in [0.4, 0.5) is 4.39 Å². The number of carbonyl (C=O) groups is 1. The van der Waals surface area contributed by atoms with E-state index in [1.807, 2.05) is 38.1 Å². The Morgan fingerprint density at radius 2 is 1.93 bits per heavy atom. The van der Waals surface area contributed by atoms with Crippen molar-refractivity contribution in [2.45, 2.75) is 45.6 Å². The Labute approximate surface area is 175 Å². The number of benzene rings is 2. The summed E-state index contributed by atoms with van der Waals surface area (Å²) >= 11 is 0. The minimum absolute atomic E-state index is 0.140. The molecule has 6 heteroatoms. The van der Waals surface area contributed by atoms with Crippen LogP contribution in [0, 0.1) is 5.82 Å². The van der Waals surface area contributed by atoms with Gasteiger partial charge < -0.3 is 10.1 Å². The first-order valence-electron chi connectivity index (χ1n) is 10.4. The summed E-state index contributed by atoms with van der Waals surface area (Å²) in [6, 6.07) is 14.4. The van der Waals surface area contributed by atoms with Crippen molar-refractivity contribution < 1.29 is 13.9 Å². The van der Waals surface area contributed by atoms with Crippen molar-refractivity contribution >= 4 is 5.91 Å². The maximum absolute atomic E-state index is 14.3. The zero-order chi connectivity index (χ0) is 21.1. The normalized spacial score (nSPS) is 12.8. The van der Waals surface area contributed by atoms with E-state index in [2.05, 4.69) is 10.4 Å². The van der Waals surface area contributed by atoms with Gasteiger partial charge in [-0.15, -0.1) is 0 Å². The van der Waals surface area contributed by atoms with Gasteiger partial charge in [-0.05, 0) is 69.4 Å². The van der Waals surface area contributed by atoms with Crippen LogP contribution in [-0.2, 0) is 19.3 Å². The molecular formula is C24H26FN3O2. The molecule has 0 bridgehead atoms. The number of ether oxygens (including phenoxy) is 1. The lowest BCUT2D eigenvalue weighted by Crippen LogP contribution is -2.27. The van der Waals surface area contributed by atoms with Crippen molar-refractivity contribution in [1.82, 2.24) is 15.1 Å². The second kappa shape index (κ2) is 8.69. The number of amides is 1. The van der Waals surface area contributed by atoms with Crippen molar-refractivity contribution in [3.63, 3.8) is 0 Å². The smallest absolute Gasteiger partial charge is 0.272 e. The fourth-order valence-corrected chi connectivity index (χ4v) is 3.85. The maximum atomic E-state index is 14.3. The molecule has 2 aromatic carbocycles. The number of rotatable bonds is 7. The van der Waals surface area contributed by atoms with Gasteiger partial charge in [-0.2, -0.15) is 5.10 Å². The monoisotopic (exact) mass is 407 g/mol. The van der Waals surface area contributed by atoms with E-state index >= 15 is 0 Å². The van der Waals surface area contributed by atoms with Gasteiger partial charge in [0.05, 0.1) is 6.10 Å². The summed E-state index contributed by atoms with van der Waals surface area (Å²) in [6.07, 6.45) is 3.40. The highest BCUT2D eigenvalue weighted by Gasteiger charge is 2.27. The largest absolute Gasteiger partial charge is 0.491 e. The molecule has 1 heterocycles. The van der Waals surface area contributed by atoms with E-state index in [1.54, 1.807) is 22.9 Å². The summed E-state index contributed by atoms with van der Waals surface area (Å²) in [5, 5.41) is 7.44.